The summed E-state index contributed by atoms with van der Waals surface area (Å²) in [6, 6.07) is 2.29. The van der Waals surface area contributed by atoms with E-state index in [-0.39, 0.29) is 5.69 Å². The van der Waals surface area contributed by atoms with E-state index in [4.69, 9.17) is 10.2 Å². The van der Waals surface area contributed by atoms with Crippen LogP contribution in [-0.2, 0) is 0 Å². The molecule has 1 amide bonds. The highest BCUT2D eigenvalue weighted by atomic mass is 79.9. The molecule has 1 aromatic rings. The van der Waals surface area contributed by atoms with Crippen LogP contribution in [0.1, 0.15) is 0 Å². The molecule has 0 saturated carbocycles. The Labute approximate surface area is 81.1 Å². The maximum absolute atomic E-state index is 12.8. The number of phenols is 1. The molecule has 4 nitrogen and oxygen atoms in total. The van der Waals surface area contributed by atoms with Gasteiger partial charge in [-0.2, -0.15) is 0 Å². The topological polar surface area (TPSA) is 69.6 Å². The van der Waals surface area contributed by atoms with Crippen molar-refractivity contribution >= 4 is 27.7 Å². The normalized spacial score (nSPS) is 9.69. The van der Waals surface area contributed by atoms with Crippen LogP contribution in [0.4, 0.5) is 14.9 Å². The number of phenolic OH excluding ortho intramolecular Hbond substituents is 1. The lowest BCUT2D eigenvalue weighted by atomic mass is 10.3. The summed E-state index contributed by atoms with van der Waals surface area (Å²) in [6.07, 6.45) is -1.37. The summed E-state index contributed by atoms with van der Waals surface area (Å²) in [5.41, 5.74) is -0.195. The van der Waals surface area contributed by atoms with Crippen molar-refractivity contribution in [2.45, 2.75) is 0 Å². The van der Waals surface area contributed by atoms with Gasteiger partial charge in [0.2, 0.25) is 0 Å². The Morgan fingerprint density at radius 1 is 1.54 bits per heavy atom. The average Bonchev–Trinajstić information content (AvgIpc) is 1.98. The molecule has 70 valence electrons. The smallest absolute Gasteiger partial charge is 0.409 e. The van der Waals surface area contributed by atoms with Crippen molar-refractivity contribution in [3.8, 4) is 5.75 Å². The first kappa shape index (κ1) is 9.79. The van der Waals surface area contributed by atoms with Crippen LogP contribution in [0.25, 0.3) is 0 Å². The SMILES string of the molecule is O=C(O)Nc1cc(Br)cc(F)c1O. The minimum atomic E-state index is -1.37. The van der Waals surface area contributed by atoms with Crippen LogP contribution < -0.4 is 5.32 Å². The van der Waals surface area contributed by atoms with E-state index in [1.165, 1.54) is 6.07 Å². The van der Waals surface area contributed by atoms with E-state index in [0.29, 0.717) is 4.47 Å². The molecule has 3 N–H and O–H groups in total. The maximum Gasteiger partial charge on any atom is 0.409 e. The largest absolute Gasteiger partial charge is 0.503 e. The first-order valence-electron chi connectivity index (χ1n) is 3.18. The highest BCUT2D eigenvalue weighted by Gasteiger charge is 2.10. The molecule has 0 aliphatic heterocycles. The van der Waals surface area contributed by atoms with Gasteiger partial charge in [-0.3, -0.25) is 5.32 Å². The second-order valence-electron chi connectivity index (χ2n) is 2.21. The molecule has 1 aromatic carbocycles. The van der Waals surface area contributed by atoms with Gasteiger partial charge in [-0.1, -0.05) is 15.9 Å². The molecular formula is C7H5BrFNO3. The third-order valence-electron chi connectivity index (χ3n) is 1.27. The molecular weight excluding hydrogens is 245 g/mol. The van der Waals surface area contributed by atoms with E-state index < -0.39 is 17.7 Å². The molecule has 6 heteroatoms. The van der Waals surface area contributed by atoms with Crippen LogP contribution in [-0.4, -0.2) is 16.3 Å². The van der Waals surface area contributed by atoms with Crippen molar-refractivity contribution in [2.24, 2.45) is 0 Å². The number of amides is 1. The number of carboxylic acid groups (broad SMARTS) is 1. The van der Waals surface area contributed by atoms with Crippen molar-refractivity contribution in [1.29, 1.82) is 0 Å². The summed E-state index contributed by atoms with van der Waals surface area (Å²) < 4.78 is 13.1. The van der Waals surface area contributed by atoms with Gasteiger partial charge in [-0.05, 0) is 12.1 Å². The number of benzene rings is 1. The molecule has 0 bridgehead atoms. The standard InChI is InChI=1S/C7H5BrFNO3/c8-3-1-4(9)6(11)5(2-3)10-7(12)13/h1-2,10-11H,(H,12,13). The third kappa shape index (κ3) is 2.32. The predicted molar refractivity (Wildman–Crippen MR) is 47.4 cm³/mol. The lowest BCUT2D eigenvalue weighted by molar-refractivity contribution is 0.209. The highest BCUT2D eigenvalue weighted by molar-refractivity contribution is 9.10. The number of nitrogens with one attached hydrogen (secondary N) is 1. The molecule has 0 unspecified atom stereocenters. The molecule has 1 rings (SSSR count). The summed E-state index contributed by atoms with van der Waals surface area (Å²) >= 11 is 2.95. The van der Waals surface area contributed by atoms with Crippen molar-refractivity contribution < 1.29 is 19.4 Å². The first-order valence-corrected chi connectivity index (χ1v) is 3.98. The Bertz CT molecular complexity index is 356. The molecule has 0 atom stereocenters. The number of halogens is 2. The van der Waals surface area contributed by atoms with Crippen molar-refractivity contribution in [1.82, 2.24) is 0 Å². The van der Waals surface area contributed by atoms with E-state index in [2.05, 4.69) is 15.9 Å². The number of hydrogen-bond donors (Lipinski definition) is 3. The Hall–Kier alpha value is -1.30. The third-order valence-corrected chi connectivity index (χ3v) is 1.73. The molecule has 0 spiro atoms. The number of aromatic hydroxyl groups is 1. The van der Waals surface area contributed by atoms with Crippen LogP contribution in [0.5, 0.6) is 5.75 Å². The van der Waals surface area contributed by atoms with Gasteiger partial charge in [-0.25, -0.2) is 9.18 Å². The van der Waals surface area contributed by atoms with E-state index >= 15 is 0 Å². The Balaban J connectivity index is 3.12. The molecule has 0 aromatic heterocycles. The van der Waals surface area contributed by atoms with Crippen LogP contribution >= 0.6 is 15.9 Å². The zero-order valence-electron chi connectivity index (χ0n) is 6.21. The number of hydrogen-bond acceptors (Lipinski definition) is 2. The quantitative estimate of drug-likeness (QED) is 0.670. The number of anilines is 1. The summed E-state index contributed by atoms with van der Waals surface area (Å²) in [5, 5.41) is 19.2. The Kier molecular flexibility index (Phi) is 2.72. The zero-order valence-corrected chi connectivity index (χ0v) is 7.80. The fourth-order valence-corrected chi connectivity index (χ4v) is 1.21. The lowest BCUT2D eigenvalue weighted by Gasteiger charge is -2.04. The van der Waals surface area contributed by atoms with Gasteiger partial charge in [0.1, 0.15) is 0 Å². The summed E-state index contributed by atoms with van der Waals surface area (Å²) in [4.78, 5) is 10.2. The summed E-state index contributed by atoms with van der Waals surface area (Å²) in [5.74, 6) is -1.61. The van der Waals surface area contributed by atoms with Crippen molar-refractivity contribution in [2.75, 3.05) is 5.32 Å². The van der Waals surface area contributed by atoms with Gasteiger partial charge < -0.3 is 10.2 Å². The highest BCUT2D eigenvalue weighted by Crippen LogP contribution is 2.30. The van der Waals surface area contributed by atoms with E-state index in [0.717, 1.165) is 6.07 Å². The Morgan fingerprint density at radius 2 is 2.15 bits per heavy atom. The fraction of sp³-hybridized carbons (Fsp3) is 0. The van der Waals surface area contributed by atoms with Gasteiger partial charge in [0.15, 0.2) is 11.6 Å². The number of carbonyl (C=O) groups is 1. The second kappa shape index (κ2) is 3.61. The van der Waals surface area contributed by atoms with Crippen LogP contribution in [0.2, 0.25) is 0 Å². The van der Waals surface area contributed by atoms with Gasteiger partial charge in [0.05, 0.1) is 5.69 Å². The molecule has 0 radical (unpaired) electrons. The van der Waals surface area contributed by atoms with E-state index in [1.54, 1.807) is 0 Å². The minimum Gasteiger partial charge on any atom is -0.503 e. The molecule has 13 heavy (non-hydrogen) atoms. The fourth-order valence-electron chi connectivity index (χ4n) is 0.776. The monoisotopic (exact) mass is 249 g/mol. The van der Waals surface area contributed by atoms with Crippen LogP contribution in [0, 0.1) is 5.82 Å². The van der Waals surface area contributed by atoms with Crippen LogP contribution in [0.15, 0.2) is 16.6 Å². The van der Waals surface area contributed by atoms with Crippen LogP contribution in [0.3, 0.4) is 0 Å². The van der Waals surface area contributed by atoms with Crippen molar-refractivity contribution in [3.63, 3.8) is 0 Å². The van der Waals surface area contributed by atoms with Gasteiger partial charge in [0.25, 0.3) is 0 Å². The maximum atomic E-state index is 12.8. The van der Waals surface area contributed by atoms with Gasteiger partial charge >= 0.3 is 6.09 Å². The minimum absolute atomic E-state index is 0.195. The van der Waals surface area contributed by atoms with Gasteiger partial charge in [-0.15, -0.1) is 0 Å². The molecule has 0 aliphatic rings. The van der Waals surface area contributed by atoms with Crippen molar-refractivity contribution in [3.05, 3.63) is 22.4 Å². The first-order chi connectivity index (χ1) is 6.00. The molecule has 0 aliphatic carbocycles. The van der Waals surface area contributed by atoms with Gasteiger partial charge in [0, 0.05) is 4.47 Å². The van der Waals surface area contributed by atoms with E-state index in [9.17, 15) is 9.18 Å². The zero-order chi connectivity index (χ0) is 10.0. The number of rotatable bonds is 1. The predicted octanol–water partition coefficient (Wildman–Crippen LogP) is 2.38. The lowest BCUT2D eigenvalue weighted by Crippen LogP contribution is -2.07. The Morgan fingerprint density at radius 3 is 2.69 bits per heavy atom. The average molecular weight is 250 g/mol. The summed E-state index contributed by atoms with van der Waals surface area (Å²) in [6.45, 7) is 0. The molecule has 0 saturated heterocycles. The summed E-state index contributed by atoms with van der Waals surface area (Å²) in [7, 11) is 0. The second-order valence-corrected chi connectivity index (χ2v) is 3.13. The molecule has 0 heterocycles. The molecule has 0 fully saturated rings. The van der Waals surface area contributed by atoms with E-state index in [1.807, 2.05) is 5.32 Å².